The Kier molecular flexibility index (Phi) is 8.25. The number of allylic oxidation sites excluding steroid dienone is 2. The average molecular weight is 641 g/mol. The van der Waals surface area contributed by atoms with E-state index in [0.29, 0.717) is 0 Å². The van der Waals surface area contributed by atoms with Gasteiger partial charge < -0.3 is 45.4 Å². The number of methoxy groups -OCH3 is 1. The molecule has 5 rings (SSSR count). The van der Waals surface area contributed by atoms with Gasteiger partial charge in [0, 0.05) is 29.9 Å². The number of primary amides is 1. The number of phosphoric ester groups is 1. The van der Waals surface area contributed by atoms with E-state index in [1.165, 1.54) is 18.6 Å². The van der Waals surface area contributed by atoms with Gasteiger partial charge in [-0.1, -0.05) is 0 Å². The van der Waals surface area contributed by atoms with E-state index in [-0.39, 0.29) is 40.4 Å². The Bertz CT molecular complexity index is 1740. The number of ether oxygens (including phenoxy) is 3. The molecule has 2 aromatic heterocycles. The van der Waals surface area contributed by atoms with E-state index in [1.807, 2.05) is 4.98 Å². The number of aliphatic hydroxyl groups excluding tert-OH is 2. The topological polar surface area (TPSA) is 287 Å². The number of Topliss-reactive ketones (excluding diaryl/α,β-unsaturated/α-hetero) is 2. The van der Waals surface area contributed by atoms with Crippen LogP contribution in [0.3, 0.4) is 0 Å². The summed E-state index contributed by atoms with van der Waals surface area (Å²) in [4.78, 5) is 74.0. The summed E-state index contributed by atoms with van der Waals surface area (Å²) in [6, 6.07) is -0.0754. The number of nitrogens with zero attached hydrogens (tertiary/aromatic N) is 2. The first kappa shape index (κ1) is 31.5. The lowest BCUT2D eigenvalue weighted by Gasteiger charge is -2.23. The Hall–Kier alpha value is -3.94. The second-order valence-corrected chi connectivity index (χ2v) is 11.5. The van der Waals surface area contributed by atoms with Crippen LogP contribution in [0.1, 0.15) is 51.4 Å². The van der Waals surface area contributed by atoms with Gasteiger partial charge in [0.1, 0.15) is 36.7 Å². The van der Waals surface area contributed by atoms with Gasteiger partial charge in [-0.05, 0) is 6.92 Å². The summed E-state index contributed by atoms with van der Waals surface area (Å²) in [6.07, 6.45) is -7.97. The smallest absolute Gasteiger partial charge is 0.472 e. The highest BCUT2D eigenvalue weighted by Gasteiger charge is 2.49. The first-order chi connectivity index (χ1) is 20.7. The van der Waals surface area contributed by atoms with Crippen LogP contribution in [-0.2, 0) is 41.0 Å². The Labute approximate surface area is 246 Å². The number of carbonyl (C=O) groups excluding carboxylic acids is 3. The molecule has 4 heterocycles. The third kappa shape index (κ3) is 5.33. The number of hydrogen-bond acceptors (Lipinski definition) is 14. The lowest BCUT2D eigenvalue weighted by atomic mass is 9.90. The highest BCUT2D eigenvalue weighted by Crippen LogP contribution is 2.52. The van der Waals surface area contributed by atoms with Crippen LogP contribution in [0.5, 0.6) is 0 Å². The number of hydrogen-bond donors (Lipinski definition) is 6. The number of aromatic amines is 1. The molecule has 7 atom stereocenters. The van der Waals surface area contributed by atoms with Crippen molar-refractivity contribution in [1.29, 1.82) is 0 Å². The van der Waals surface area contributed by atoms with Gasteiger partial charge in [-0.3, -0.25) is 33.0 Å². The average Bonchev–Trinajstić information content (AvgIpc) is 3.53. The van der Waals surface area contributed by atoms with Gasteiger partial charge in [-0.15, -0.1) is 0 Å². The van der Waals surface area contributed by atoms with Gasteiger partial charge in [0.15, 0.2) is 12.0 Å². The number of amides is 1. The van der Waals surface area contributed by atoms with Crippen LogP contribution in [0.4, 0.5) is 4.79 Å². The van der Waals surface area contributed by atoms with Crippen LogP contribution in [0.2, 0.25) is 0 Å². The molecule has 7 unspecified atom stereocenters. The molecule has 0 saturated carbocycles. The minimum Gasteiger partial charge on any atom is -0.492 e. The highest BCUT2D eigenvalue weighted by atomic mass is 31.2. The van der Waals surface area contributed by atoms with E-state index in [2.05, 4.69) is 0 Å². The second-order valence-electron chi connectivity index (χ2n) is 10.1. The van der Waals surface area contributed by atoms with Crippen LogP contribution in [0.25, 0.3) is 0 Å². The predicted molar refractivity (Wildman–Crippen MR) is 142 cm³/mol. The van der Waals surface area contributed by atoms with Gasteiger partial charge in [0.05, 0.1) is 31.0 Å². The molecule has 3 aliphatic rings. The van der Waals surface area contributed by atoms with E-state index < -0.39 is 86.6 Å². The van der Waals surface area contributed by atoms with Gasteiger partial charge in [0.2, 0.25) is 11.6 Å². The number of fused-ring (bicyclic) bond motifs is 3. The molecule has 1 saturated heterocycles. The maximum Gasteiger partial charge on any atom is 0.472 e. The summed E-state index contributed by atoms with van der Waals surface area (Å²) < 4.78 is 41.1. The fourth-order valence-corrected chi connectivity index (χ4v) is 6.43. The van der Waals surface area contributed by atoms with Gasteiger partial charge in [0.25, 0.3) is 5.56 Å². The zero-order chi connectivity index (χ0) is 32.2. The molecular weight excluding hydrogens is 613 g/mol. The largest absolute Gasteiger partial charge is 0.492 e. The molecule has 0 bridgehead atoms. The molecule has 2 aliphatic heterocycles. The summed E-state index contributed by atoms with van der Waals surface area (Å²) >= 11 is 0. The van der Waals surface area contributed by atoms with Crippen molar-refractivity contribution in [3.8, 4) is 0 Å². The summed E-state index contributed by atoms with van der Waals surface area (Å²) in [5, 5.41) is 20.8. The van der Waals surface area contributed by atoms with Gasteiger partial charge >= 0.3 is 19.6 Å². The van der Waals surface area contributed by atoms with Crippen molar-refractivity contribution >= 4 is 25.5 Å². The minimum atomic E-state index is -5.09. The molecule has 2 aromatic rings. The highest BCUT2D eigenvalue weighted by molar-refractivity contribution is 7.47. The zero-order valence-corrected chi connectivity index (χ0v) is 24.0. The van der Waals surface area contributed by atoms with Crippen molar-refractivity contribution in [2.24, 2.45) is 11.5 Å². The number of aliphatic hydroxyl groups is 2. The molecular formula is C24H28N5O14P. The summed E-state index contributed by atoms with van der Waals surface area (Å²) in [7, 11) is -3.89. The molecule has 1 amide bonds. The molecule has 44 heavy (non-hydrogen) atoms. The van der Waals surface area contributed by atoms with Crippen LogP contribution in [0, 0.1) is 0 Å². The standard InChI is InChI=1S/C24H28N5O14P/c1-8-16(31)15-13(18(33)20(8)39-2)9(6-40-23(26)35)14-21(10(25)5-29(14)15)43-44(37,38)41-7-11-17(32)19(34)22(42-11)28-4-3-12(30)27-24(28)36/h3-4,10-11,17,19,21-22,32,34H,5-7,25H2,1-2H3,(H2,26,35)(H,37,38)(H,27,30,36). The molecule has 238 valence electrons. The number of phosphoric acid groups is 1. The van der Waals surface area contributed by atoms with Crippen molar-refractivity contribution in [3.05, 3.63) is 66.9 Å². The Balaban J connectivity index is 1.40. The summed E-state index contributed by atoms with van der Waals surface area (Å²) in [6.45, 7) is -0.215. The molecule has 19 nitrogen and oxygen atoms in total. The normalized spacial score (nSPS) is 27.7. The van der Waals surface area contributed by atoms with Crippen molar-refractivity contribution < 1.29 is 57.3 Å². The predicted octanol–water partition coefficient (Wildman–Crippen LogP) is -1.93. The first-order valence-corrected chi connectivity index (χ1v) is 14.4. The quantitative estimate of drug-likeness (QED) is 0.163. The first-order valence-electron chi connectivity index (χ1n) is 12.9. The van der Waals surface area contributed by atoms with E-state index in [9.17, 15) is 43.6 Å². The summed E-state index contributed by atoms with van der Waals surface area (Å²) in [5.41, 5.74) is 9.33. The third-order valence-electron chi connectivity index (χ3n) is 7.46. The Morgan fingerprint density at radius 2 is 1.91 bits per heavy atom. The van der Waals surface area contributed by atoms with Gasteiger partial charge in [-0.25, -0.2) is 14.2 Å². The van der Waals surface area contributed by atoms with Crippen molar-refractivity contribution in [2.45, 2.75) is 56.8 Å². The number of carbonyl (C=O) groups is 3. The molecule has 0 radical (unpaired) electrons. The molecule has 8 N–H and O–H groups in total. The number of ketones is 2. The number of H-pyrrole nitrogens is 1. The maximum atomic E-state index is 13.3. The van der Waals surface area contributed by atoms with E-state index in [1.54, 1.807) is 0 Å². The molecule has 1 fully saturated rings. The monoisotopic (exact) mass is 641 g/mol. The molecule has 0 spiro atoms. The van der Waals surface area contributed by atoms with Crippen molar-refractivity contribution in [1.82, 2.24) is 14.1 Å². The zero-order valence-electron chi connectivity index (χ0n) is 23.1. The maximum absolute atomic E-state index is 13.3. The molecule has 0 aromatic carbocycles. The summed E-state index contributed by atoms with van der Waals surface area (Å²) in [5.74, 6) is -1.55. The van der Waals surface area contributed by atoms with E-state index >= 15 is 0 Å². The SMILES string of the molecule is COC1=C(C)C(=O)c2c(c(COC(N)=O)c3n2CC(N)C3OP(=O)(O)OCC2OC(n3ccc(=O)[nH]c3=O)C(O)C2O)C1=O. The lowest BCUT2D eigenvalue weighted by molar-refractivity contribution is -0.0564. The number of nitrogens with two attached hydrogens (primary N) is 2. The molecule has 20 heteroatoms. The number of rotatable bonds is 9. The second kappa shape index (κ2) is 11.5. The van der Waals surface area contributed by atoms with Crippen LogP contribution < -0.4 is 22.7 Å². The number of nitrogens with one attached hydrogen (secondary N) is 1. The van der Waals surface area contributed by atoms with Crippen molar-refractivity contribution in [2.75, 3.05) is 13.7 Å². The lowest BCUT2D eigenvalue weighted by Crippen LogP contribution is -2.37. The third-order valence-corrected chi connectivity index (χ3v) is 8.43. The fourth-order valence-electron chi connectivity index (χ4n) is 5.49. The Morgan fingerprint density at radius 3 is 2.55 bits per heavy atom. The van der Waals surface area contributed by atoms with E-state index in [4.69, 9.17) is 34.7 Å². The number of aromatic nitrogens is 3. The van der Waals surface area contributed by atoms with Crippen LogP contribution in [0.15, 0.2) is 33.2 Å². The van der Waals surface area contributed by atoms with E-state index in [0.717, 1.165) is 16.8 Å². The molecule has 1 aliphatic carbocycles. The minimum absolute atomic E-state index is 0.00140. The van der Waals surface area contributed by atoms with Crippen LogP contribution in [-0.4, -0.2) is 85.0 Å². The van der Waals surface area contributed by atoms with Crippen LogP contribution >= 0.6 is 7.82 Å². The van der Waals surface area contributed by atoms with Crippen molar-refractivity contribution in [3.63, 3.8) is 0 Å². The fraction of sp³-hybridized carbons (Fsp3) is 0.458. The Morgan fingerprint density at radius 1 is 1.20 bits per heavy atom. The van der Waals surface area contributed by atoms with Gasteiger partial charge in [-0.2, -0.15) is 0 Å².